The van der Waals surface area contributed by atoms with Gasteiger partial charge in [-0.3, -0.25) is 0 Å². The van der Waals surface area contributed by atoms with E-state index in [1.807, 2.05) is 42.5 Å². The maximum absolute atomic E-state index is 10.4. The first-order chi connectivity index (χ1) is 12.8. The summed E-state index contributed by atoms with van der Waals surface area (Å²) in [5, 5.41) is 1.91. The van der Waals surface area contributed by atoms with E-state index in [2.05, 4.69) is 23.2 Å². The molecular formula is C21H17ClF3NO. The Hall–Kier alpha value is -2.66. The minimum atomic E-state index is -4.00. The molecule has 2 nitrogen and oxygen atoms in total. The Morgan fingerprint density at radius 2 is 1.70 bits per heavy atom. The summed E-state index contributed by atoms with van der Waals surface area (Å²) in [6.45, 7) is 0.188. The Labute approximate surface area is 159 Å². The number of rotatable bonds is 3. The van der Waals surface area contributed by atoms with Crippen LogP contribution in [0.4, 0.5) is 13.2 Å². The average Bonchev–Trinajstić information content (AvgIpc) is 3.22. The van der Waals surface area contributed by atoms with Crippen molar-refractivity contribution in [3.05, 3.63) is 83.3 Å². The lowest BCUT2D eigenvalue weighted by Crippen LogP contribution is -1.95. The molecule has 0 aliphatic heterocycles. The van der Waals surface area contributed by atoms with Gasteiger partial charge in [0.25, 0.3) is 0 Å². The van der Waals surface area contributed by atoms with E-state index in [1.165, 1.54) is 10.9 Å². The van der Waals surface area contributed by atoms with Crippen molar-refractivity contribution in [1.29, 1.82) is 0 Å². The van der Waals surface area contributed by atoms with Gasteiger partial charge in [-0.2, -0.15) is 13.2 Å². The summed E-state index contributed by atoms with van der Waals surface area (Å²) in [5.41, 5.74) is 4.56. The fourth-order valence-corrected chi connectivity index (χ4v) is 3.02. The van der Waals surface area contributed by atoms with E-state index in [0.29, 0.717) is 0 Å². The molecule has 140 valence electrons. The number of alkyl halides is 3. The Balaban J connectivity index is 0.000000376. The van der Waals surface area contributed by atoms with Crippen LogP contribution in [0, 0.1) is 0 Å². The van der Waals surface area contributed by atoms with Crippen LogP contribution in [0.2, 0.25) is 5.02 Å². The molecule has 0 unspecified atom stereocenters. The summed E-state index contributed by atoms with van der Waals surface area (Å²) >= 11 is 6.13. The predicted octanol–water partition coefficient (Wildman–Crippen LogP) is 7.24. The summed E-state index contributed by atoms with van der Waals surface area (Å²) in [4.78, 5) is 3.51. The zero-order valence-electron chi connectivity index (χ0n) is 14.5. The van der Waals surface area contributed by atoms with Crippen LogP contribution >= 0.6 is 11.6 Å². The molecule has 4 aromatic rings. The number of fused-ring (bicyclic) bond motifs is 1. The Bertz CT molecular complexity index is 999. The second-order valence-electron chi connectivity index (χ2n) is 6.07. The minimum absolute atomic E-state index is 0.188. The maximum Gasteiger partial charge on any atom is 0.386 e. The molecule has 0 radical (unpaired) electrons. The third-order valence-corrected chi connectivity index (χ3v) is 4.10. The largest absolute Gasteiger partial charge is 0.469 e. The molecule has 0 amide bonds. The fourth-order valence-electron chi connectivity index (χ4n) is 2.85. The average molecular weight is 392 g/mol. The van der Waals surface area contributed by atoms with E-state index in [9.17, 15) is 13.2 Å². The first kappa shape index (κ1) is 19.1. The van der Waals surface area contributed by atoms with E-state index in [-0.39, 0.29) is 6.92 Å². The molecule has 2 aromatic heterocycles. The van der Waals surface area contributed by atoms with Crippen molar-refractivity contribution in [3.63, 3.8) is 0 Å². The van der Waals surface area contributed by atoms with E-state index >= 15 is 0 Å². The highest BCUT2D eigenvalue weighted by atomic mass is 35.5. The highest BCUT2D eigenvalue weighted by Gasteiger charge is 2.16. The van der Waals surface area contributed by atoms with Crippen LogP contribution in [0.3, 0.4) is 0 Å². The topological polar surface area (TPSA) is 28.9 Å². The van der Waals surface area contributed by atoms with Crippen LogP contribution in [-0.4, -0.2) is 11.2 Å². The number of benzene rings is 2. The molecule has 0 fully saturated rings. The first-order valence-corrected chi connectivity index (χ1v) is 8.63. The van der Waals surface area contributed by atoms with Crippen LogP contribution in [0.25, 0.3) is 22.2 Å². The number of hydrogen-bond donors (Lipinski definition) is 1. The Kier molecular flexibility index (Phi) is 5.61. The third kappa shape index (κ3) is 5.17. The highest BCUT2D eigenvalue weighted by molar-refractivity contribution is 6.31. The molecule has 2 aromatic carbocycles. The summed E-state index contributed by atoms with van der Waals surface area (Å²) in [7, 11) is 0. The lowest BCUT2D eigenvalue weighted by molar-refractivity contribution is -0.110. The van der Waals surface area contributed by atoms with Gasteiger partial charge in [0.1, 0.15) is 5.76 Å². The standard InChI is InChI=1S/C19H14ClNO.C2H3F3/c20-14-8-9-16-17(12-15-7-4-10-22-15)19(21-18(16)11-14)13-5-2-1-3-6-13;1-2(3,4)5/h1-11,21H,12H2;1H3. The Morgan fingerprint density at radius 3 is 2.33 bits per heavy atom. The summed E-state index contributed by atoms with van der Waals surface area (Å²) in [6, 6.07) is 20.2. The summed E-state index contributed by atoms with van der Waals surface area (Å²) in [5.74, 6) is 0.952. The molecule has 0 spiro atoms. The molecule has 0 saturated heterocycles. The van der Waals surface area contributed by atoms with Crippen molar-refractivity contribution in [3.8, 4) is 11.3 Å². The van der Waals surface area contributed by atoms with E-state index in [0.717, 1.165) is 34.0 Å². The van der Waals surface area contributed by atoms with Crippen molar-refractivity contribution in [2.45, 2.75) is 19.5 Å². The maximum atomic E-state index is 10.4. The minimum Gasteiger partial charge on any atom is -0.469 e. The first-order valence-electron chi connectivity index (χ1n) is 8.26. The van der Waals surface area contributed by atoms with Crippen LogP contribution in [0.5, 0.6) is 0 Å². The van der Waals surface area contributed by atoms with Gasteiger partial charge < -0.3 is 9.40 Å². The van der Waals surface area contributed by atoms with Crippen molar-refractivity contribution in [1.82, 2.24) is 4.98 Å². The summed E-state index contributed by atoms with van der Waals surface area (Å²) in [6.07, 6.45) is -1.54. The van der Waals surface area contributed by atoms with Gasteiger partial charge in [0, 0.05) is 29.3 Å². The Morgan fingerprint density at radius 1 is 1.00 bits per heavy atom. The monoisotopic (exact) mass is 391 g/mol. The number of aromatic nitrogens is 1. The van der Waals surface area contributed by atoms with E-state index in [4.69, 9.17) is 16.0 Å². The number of H-pyrrole nitrogens is 1. The predicted molar refractivity (Wildman–Crippen MR) is 102 cm³/mol. The van der Waals surface area contributed by atoms with Crippen molar-refractivity contribution >= 4 is 22.5 Å². The molecule has 27 heavy (non-hydrogen) atoms. The second-order valence-corrected chi connectivity index (χ2v) is 6.51. The summed E-state index contributed by atoms with van der Waals surface area (Å²) < 4.78 is 36.6. The van der Waals surface area contributed by atoms with Gasteiger partial charge in [-0.1, -0.05) is 48.0 Å². The van der Waals surface area contributed by atoms with Crippen LogP contribution in [0.15, 0.2) is 71.3 Å². The molecule has 0 saturated carbocycles. The third-order valence-electron chi connectivity index (χ3n) is 3.86. The van der Waals surface area contributed by atoms with Crippen LogP contribution < -0.4 is 0 Å². The normalized spacial score (nSPS) is 11.3. The molecule has 0 aliphatic carbocycles. The van der Waals surface area contributed by atoms with Crippen LogP contribution in [0.1, 0.15) is 18.2 Å². The van der Waals surface area contributed by atoms with Crippen molar-refractivity contribution in [2.75, 3.05) is 0 Å². The molecule has 6 heteroatoms. The molecule has 0 aliphatic rings. The smallest absolute Gasteiger partial charge is 0.386 e. The van der Waals surface area contributed by atoms with Crippen molar-refractivity contribution in [2.24, 2.45) is 0 Å². The second kappa shape index (κ2) is 7.92. The van der Waals surface area contributed by atoms with Gasteiger partial charge in [-0.15, -0.1) is 0 Å². The SMILES string of the molecule is CC(F)(F)F.Clc1ccc2c(Cc3ccco3)c(-c3ccccc3)[nH]c2c1. The van der Waals surface area contributed by atoms with Gasteiger partial charge in [0.2, 0.25) is 0 Å². The quantitative estimate of drug-likeness (QED) is 0.391. The number of aromatic amines is 1. The molecule has 0 bridgehead atoms. The molecule has 2 heterocycles. The lowest BCUT2D eigenvalue weighted by Gasteiger charge is -2.04. The van der Waals surface area contributed by atoms with Crippen molar-refractivity contribution < 1.29 is 17.6 Å². The van der Waals surface area contributed by atoms with Gasteiger partial charge in [-0.05, 0) is 35.4 Å². The van der Waals surface area contributed by atoms with Gasteiger partial charge in [0.15, 0.2) is 0 Å². The zero-order chi connectivity index (χ0) is 19.4. The van der Waals surface area contributed by atoms with E-state index < -0.39 is 6.18 Å². The van der Waals surface area contributed by atoms with Crippen LogP contribution in [-0.2, 0) is 6.42 Å². The number of nitrogens with one attached hydrogen (secondary N) is 1. The lowest BCUT2D eigenvalue weighted by atomic mass is 10.0. The van der Waals surface area contributed by atoms with Gasteiger partial charge in [-0.25, -0.2) is 0 Å². The number of furan rings is 1. The molecular weight excluding hydrogens is 375 g/mol. The highest BCUT2D eigenvalue weighted by Crippen LogP contribution is 2.33. The zero-order valence-corrected chi connectivity index (χ0v) is 15.2. The molecule has 0 atom stereocenters. The van der Waals surface area contributed by atoms with E-state index in [1.54, 1.807) is 6.26 Å². The van der Waals surface area contributed by atoms with Gasteiger partial charge in [0.05, 0.1) is 12.0 Å². The molecule has 1 N–H and O–H groups in total. The van der Waals surface area contributed by atoms with Gasteiger partial charge >= 0.3 is 6.18 Å². The molecule has 4 rings (SSSR count). The number of hydrogen-bond acceptors (Lipinski definition) is 1. The number of halogens is 4. The fraction of sp³-hybridized carbons (Fsp3) is 0.143.